The van der Waals surface area contributed by atoms with E-state index in [1.54, 1.807) is 26.2 Å². The summed E-state index contributed by atoms with van der Waals surface area (Å²) in [5.41, 5.74) is 1.07. The molecular formula is C17H21F3N2O. The smallest absolute Gasteiger partial charge is 0.310 e. The molecule has 0 aliphatic carbocycles. The Morgan fingerprint density at radius 1 is 1.30 bits per heavy atom. The highest BCUT2D eigenvalue weighted by Gasteiger charge is 2.30. The van der Waals surface area contributed by atoms with Gasteiger partial charge in [-0.15, -0.1) is 0 Å². The normalized spacial score (nSPS) is 14.7. The Morgan fingerprint density at radius 2 is 1.96 bits per heavy atom. The van der Waals surface area contributed by atoms with Gasteiger partial charge < -0.3 is 5.32 Å². The van der Waals surface area contributed by atoms with E-state index in [4.69, 9.17) is 0 Å². The van der Waals surface area contributed by atoms with Gasteiger partial charge >= 0.3 is 6.18 Å². The minimum atomic E-state index is -4.37. The first-order valence-corrected chi connectivity index (χ1v) is 7.20. The molecule has 1 aromatic carbocycles. The van der Waals surface area contributed by atoms with E-state index in [0.29, 0.717) is 17.7 Å². The van der Waals surface area contributed by atoms with Crippen LogP contribution in [0.5, 0.6) is 0 Å². The summed E-state index contributed by atoms with van der Waals surface area (Å²) < 4.78 is 38.1. The number of rotatable bonds is 6. The SMILES string of the molecule is CN[C@@H](C/C(C)=C/N=C(\C)c1cccc(C(F)(F)F)c1)C(C)=O. The molecule has 1 atom stereocenters. The molecule has 0 heterocycles. The fourth-order valence-electron chi connectivity index (χ4n) is 2.03. The highest BCUT2D eigenvalue weighted by atomic mass is 19.4. The summed E-state index contributed by atoms with van der Waals surface area (Å²) >= 11 is 0. The lowest BCUT2D eigenvalue weighted by Gasteiger charge is -2.12. The maximum absolute atomic E-state index is 12.7. The number of benzene rings is 1. The van der Waals surface area contributed by atoms with Gasteiger partial charge in [-0.05, 0) is 51.9 Å². The van der Waals surface area contributed by atoms with Gasteiger partial charge in [0.25, 0.3) is 0 Å². The molecule has 0 fully saturated rings. The van der Waals surface area contributed by atoms with Crippen molar-refractivity contribution in [1.82, 2.24) is 5.32 Å². The van der Waals surface area contributed by atoms with Crippen molar-refractivity contribution in [2.45, 2.75) is 39.4 Å². The molecule has 0 aliphatic heterocycles. The van der Waals surface area contributed by atoms with Crippen LogP contribution in [0.25, 0.3) is 0 Å². The quantitative estimate of drug-likeness (QED) is 0.803. The summed E-state index contributed by atoms with van der Waals surface area (Å²) in [7, 11) is 1.70. The van der Waals surface area contributed by atoms with Crippen LogP contribution in [0.2, 0.25) is 0 Å². The lowest BCUT2D eigenvalue weighted by atomic mass is 10.1. The van der Waals surface area contributed by atoms with Gasteiger partial charge in [0.2, 0.25) is 0 Å². The van der Waals surface area contributed by atoms with Gasteiger partial charge in [0.05, 0.1) is 11.6 Å². The van der Waals surface area contributed by atoms with E-state index < -0.39 is 11.7 Å². The van der Waals surface area contributed by atoms with Crippen LogP contribution >= 0.6 is 0 Å². The van der Waals surface area contributed by atoms with Crippen molar-refractivity contribution in [3.63, 3.8) is 0 Å². The van der Waals surface area contributed by atoms with Gasteiger partial charge in [-0.25, -0.2) is 0 Å². The lowest BCUT2D eigenvalue weighted by molar-refractivity contribution is -0.137. The van der Waals surface area contributed by atoms with Gasteiger partial charge in [-0.1, -0.05) is 17.7 Å². The van der Waals surface area contributed by atoms with Crippen LogP contribution in [-0.2, 0) is 11.0 Å². The number of hydrogen-bond acceptors (Lipinski definition) is 3. The van der Waals surface area contributed by atoms with Crippen molar-refractivity contribution in [2.75, 3.05) is 7.05 Å². The molecule has 0 amide bonds. The second-order valence-electron chi connectivity index (χ2n) is 5.42. The summed E-state index contributed by atoms with van der Waals surface area (Å²) in [4.78, 5) is 15.6. The van der Waals surface area contributed by atoms with E-state index in [0.717, 1.165) is 17.7 Å². The summed E-state index contributed by atoms with van der Waals surface area (Å²) in [5, 5.41) is 2.91. The predicted octanol–water partition coefficient (Wildman–Crippen LogP) is 3.99. The van der Waals surface area contributed by atoms with Gasteiger partial charge in [0.15, 0.2) is 0 Å². The monoisotopic (exact) mass is 326 g/mol. The van der Waals surface area contributed by atoms with Crippen molar-refractivity contribution in [1.29, 1.82) is 0 Å². The summed E-state index contributed by atoms with van der Waals surface area (Å²) in [6.07, 6.45) is -2.28. The third-order valence-corrected chi connectivity index (χ3v) is 3.45. The number of likely N-dealkylation sites (N-methyl/N-ethyl adjacent to an activating group) is 1. The van der Waals surface area contributed by atoms with Gasteiger partial charge in [-0.3, -0.25) is 9.79 Å². The third kappa shape index (κ3) is 5.98. The average Bonchev–Trinajstić information content (AvgIpc) is 2.49. The zero-order chi connectivity index (χ0) is 17.6. The molecular weight excluding hydrogens is 305 g/mol. The van der Waals surface area contributed by atoms with Crippen LogP contribution in [0, 0.1) is 0 Å². The first-order chi connectivity index (χ1) is 10.6. The Labute approximate surface area is 134 Å². The molecule has 0 saturated heterocycles. The highest BCUT2D eigenvalue weighted by molar-refractivity contribution is 5.99. The number of ketones is 1. The number of aliphatic imine (C=N–C) groups is 1. The molecule has 0 saturated carbocycles. The van der Waals surface area contributed by atoms with Crippen LogP contribution in [0.15, 0.2) is 41.0 Å². The average molecular weight is 326 g/mol. The van der Waals surface area contributed by atoms with Crippen LogP contribution in [0.3, 0.4) is 0 Å². The Hall–Kier alpha value is -1.95. The molecule has 0 spiro atoms. The zero-order valence-corrected chi connectivity index (χ0v) is 13.7. The fourth-order valence-corrected chi connectivity index (χ4v) is 2.03. The van der Waals surface area contributed by atoms with Crippen LogP contribution in [0.1, 0.15) is 38.3 Å². The Kier molecular flexibility index (Phi) is 6.69. The Morgan fingerprint density at radius 3 is 2.48 bits per heavy atom. The molecule has 0 bridgehead atoms. The van der Waals surface area contributed by atoms with Crippen LogP contribution in [0.4, 0.5) is 13.2 Å². The molecule has 6 heteroatoms. The van der Waals surface area contributed by atoms with E-state index in [-0.39, 0.29) is 11.8 Å². The third-order valence-electron chi connectivity index (χ3n) is 3.45. The lowest BCUT2D eigenvalue weighted by Crippen LogP contribution is -2.32. The van der Waals surface area contributed by atoms with E-state index in [1.807, 2.05) is 6.92 Å². The summed E-state index contributed by atoms with van der Waals surface area (Å²) in [5.74, 6) is 0.0267. The van der Waals surface area contributed by atoms with E-state index in [1.165, 1.54) is 13.0 Å². The van der Waals surface area contributed by atoms with Crippen molar-refractivity contribution in [2.24, 2.45) is 4.99 Å². The number of nitrogens with one attached hydrogen (secondary N) is 1. The molecule has 0 unspecified atom stereocenters. The molecule has 23 heavy (non-hydrogen) atoms. The summed E-state index contributed by atoms with van der Waals surface area (Å²) in [6.45, 7) is 4.99. The highest BCUT2D eigenvalue weighted by Crippen LogP contribution is 2.29. The number of halogens is 3. The predicted molar refractivity (Wildman–Crippen MR) is 85.6 cm³/mol. The standard InChI is InChI=1S/C17H21F3N2O/c1-11(8-16(21-4)13(3)23)10-22-12(2)14-6-5-7-15(9-14)17(18,19)20/h5-7,9-10,16,21H,8H2,1-4H3/b11-10+,22-12+/t16-/m0/s1. The van der Waals surface area contributed by atoms with E-state index in [2.05, 4.69) is 10.3 Å². The minimum Gasteiger partial charge on any atom is -0.310 e. The van der Waals surface area contributed by atoms with Gasteiger partial charge in [-0.2, -0.15) is 13.2 Å². The topological polar surface area (TPSA) is 41.5 Å². The maximum atomic E-state index is 12.7. The second kappa shape index (κ2) is 8.06. The van der Waals surface area contributed by atoms with Gasteiger partial charge in [0, 0.05) is 11.9 Å². The van der Waals surface area contributed by atoms with Crippen molar-refractivity contribution < 1.29 is 18.0 Å². The van der Waals surface area contributed by atoms with Crippen molar-refractivity contribution in [3.8, 4) is 0 Å². The Bertz CT molecular complexity index is 619. The van der Waals surface area contributed by atoms with Crippen LogP contribution in [-0.4, -0.2) is 24.6 Å². The number of carbonyl (C=O) groups is 1. The molecule has 0 aromatic heterocycles. The molecule has 0 radical (unpaired) electrons. The molecule has 1 N–H and O–H groups in total. The maximum Gasteiger partial charge on any atom is 0.416 e. The number of alkyl halides is 3. The number of hydrogen-bond donors (Lipinski definition) is 1. The van der Waals surface area contributed by atoms with Crippen LogP contribution < -0.4 is 5.32 Å². The number of Topliss-reactive ketones (excluding diaryl/α,β-unsaturated/α-hetero) is 1. The van der Waals surface area contributed by atoms with Gasteiger partial charge in [0.1, 0.15) is 5.78 Å². The zero-order valence-electron chi connectivity index (χ0n) is 13.7. The first-order valence-electron chi connectivity index (χ1n) is 7.20. The molecule has 1 aromatic rings. The number of carbonyl (C=O) groups excluding carboxylic acids is 1. The summed E-state index contributed by atoms with van der Waals surface area (Å²) in [6, 6.07) is 4.77. The van der Waals surface area contributed by atoms with E-state index >= 15 is 0 Å². The second-order valence-corrected chi connectivity index (χ2v) is 5.42. The number of nitrogens with zero attached hydrogens (tertiary/aromatic N) is 1. The van der Waals surface area contributed by atoms with Crippen molar-refractivity contribution in [3.05, 3.63) is 47.2 Å². The van der Waals surface area contributed by atoms with Crippen molar-refractivity contribution >= 4 is 11.5 Å². The minimum absolute atomic E-state index is 0.0267. The first kappa shape index (κ1) is 19.1. The molecule has 3 nitrogen and oxygen atoms in total. The fraction of sp³-hybridized carbons (Fsp3) is 0.412. The Balaban J connectivity index is 2.92. The largest absolute Gasteiger partial charge is 0.416 e. The molecule has 1 rings (SSSR count). The molecule has 0 aliphatic rings. The van der Waals surface area contributed by atoms with E-state index in [9.17, 15) is 18.0 Å². The molecule has 126 valence electrons.